The van der Waals surface area contributed by atoms with Gasteiger partial charge in [0.05, 0.1) is 14.2 Å². The number of aryl methyl sites for hydroxylation is 1. The van der Waals surface area contributed by atoms with E-state index in [-0.39, 0.29) is 0 Å². The van der Waals surface area contributed by atoms with Crippen LogP contribution in [-0.4, -0.2) is 20.1 Å². The number of rotatable bonds is 5. The number of ether oxygens (including phenoxy) is 2. The van der Waals surface area contributed by atoms with Crippen molar-refractivity contribution in [1.29, 1.82) is 5.41 Å². The first kappa shape index (κ1) is 11.6. The van der Waals surface area contributed by atoms with E-state index in [1.165, 1.54) is 12.7 Å². The molecule has 0 amide bonds. The summed E-state index contributed by atoms with van der Waals surface area (Å²) < 4.78 is 9.86. The minimum absolute atomic E-state index is 0.350. The second kappa shape index (κ2) is 6.06. The molecule has 0 aliphatic rings. The summed E-state index contributed by atoms with van der Waals surface area (Å²) in [5, 5.41) is 7.32. The van der Waals surface area contributed by atoms with Crippen molar-refractivity contribution >= 4 is 5.90 Å². The Morgan fingerprint density at radius 3 is 2.40 bits per heavy atom. The lowest BCUT2D eigenvalue weighted by molar-refractivity contribution is 0.384. The van der Waals surface area contributed by atoms with Gasteiger partial charge in [-0.15, -0.1) is 0 Å². The van der Waals surface area contributed by atoms with Crippen LogP contribution in [0.1, 0.15) is 18.4 Å². The first-order valence-corrected chi connectivity index (χ1v) is 5.00. The van der Waals surface area contributed by atoms with E-state index in [1.54, 1.807) is 7.11 Å². The summed E-state index contributed by atoms with van der Waals surface area (Å²) in [7, 11) is 3.20. The predicted molar refractivity (Wildman–Crippen MR) is 60.7 cm³/mol. The van der Waals surface area contributed by atoms with E-state index < -0.39 is 0 Å². The van der Waals surface area contributed by atoms with Crippen molar-refractivity contribution in [2.75, 3.05) is 14.2 Å². The average molecular weight is 207 g/mol. The molecule has 0 aliphatic carbocycles. The highest BCUT2D eigenvalue weighted by Gasteiger charge is 1.97. The fraction of sp³-hybridized carbons (Fsp3) is 0.417. The van der Waals surface area contributed by atoms with Gasteiger partial charge < -0.3 is 9.47 Å². The Labute approximate surface area is 90.5 Å². The number of methoxy groups -OCH3 is 2. The minimum atomic E-state index is 0.350. The van der Waals surface area contributed by atoms with Gasteiger partial charge in [-0.05, 0) is 30.5 Å². The van der Waals surface area contributed by atoms with E-state index in [9.17, 15) is 0 Å². The molecule has 0 heterocycles. The summed E-state index contributed by atoms with van der Waals surface area (Å²) in [5.41, 5.74) is 1.26. The van der Waals surface area contributed by atoms with Gasteiger partial charge in [-0.1, -0.05) is 12.1 Å². The zero-order valence-electron chi connectivity index (χ0n) is 9.25. The summed E-state index contributed by atoms with van der Waals surface area (Å²) in [5.74, 6) is 1.23. The van der Waals surface area contributed by atoms with Gasteiger partial charge in [-0.25, -0.2) is 0 Å². The van der Waals surface area contributed by atoms with E-state index in [2.05, 4.69) is 12.1 Å². The van der Waals surface area contributed by atoms with Gasteiger partial charge >= 0.3 is 0 Å². The van der Waals surface area contributed by atoms with E-state index in [0.29, 0.717) is 12.3 Å². The van der Waals surface area contributed by atoms with Crippen LogP contribution in [0, 0.1) is 5.41 Å². The predicted octanol–water partition coefficient (Wildman–Crippen LogP) is 2.64. The Balaban J connectivity index is 2.34. The minimum Gasteiger partial charge on any atom is -0.497 e. The average Bonchev–Trinajstić information content (AvgIpc) is 2.29. The Kier molecular flexibility index (Phi) is 4.68. The maximum absolute atomic E-state index is 7.32. The monoisotopic (exact) mass is 207 g/mol. The van der Waals surface area contributed by atoms with Gasteiger partial charge in [0, 0.05) is 6.42 Å². The van der Waals surface area contributed by atoms with Crippen molar-refractivity contribution < 1.29 is 9.47 Å². The Morgan fingerprint density at radius 2 is 1.87 bits per heavy atom. The summed E-state index contributed by atoms with van der Waals surface area (Å²) in [6.07, 6.45) is 2.61. The van der Waals surface area contributed by atoms with Crippen molar-refractivity contribution in [1.82, 2.24) is 0 Å². The molecule has 1 rings (SSSR count). The summed E-state index contributed by atoms with van der Waals surface area (Å²) in [6.45, 7) is 0. The summed E-state index contributed by atoms with van der Waals surface area (Å²) in [6, 6.07) is 8.01. The second-order valence-corrected chi connectivity index (χ2v) is 3.33. The van der Waals surface area contributed by atoms with Crippen molar-refractivity contribution in [2.24, 2.45) is 0 Å². The van der Waals surface area contributed by atoms with Crippen LogP contribution in [0.3, 0.4) is 0 Å². The molecule has 0 spiro atoms. The molecule has 1 aromatic rings. The maximum atomic E-state index is 7.32. The molecular weight excluding hydrogens is 190 g/mol. The Hall–Kier alpha value is -1.51. The van der Waals surface area contributed by atoms with Crippen molar-refractivity contribution in [3.63, 3.8) is 0 Å². The normalized spacial score (nSPS) is 9.73. The lowest BCUT2D eigenvalue weighted by Gasteiger charge is -2.04. The molecule has 0 saturated carbocycles. The largest absolute Gasteiger partial charge is 0.497 e. The first-order valence-electron chi connectivity index (χ1n) is 5.00. The zero-order chi connectivity index (χ0) is 11.1. The molecule has 82 valence electrons. The third kappa shape index (κ3) is 4.02. The van der Waals surface area contributed by atoms with Gasteiger partial charge in [0.25, 0.3) is 0 Å². The molecule has 0 radical (unpaired) electrons. The molecule has 0 saturated heterocycles. The molecule has 1 aromatic carbocycles. The van der Waals surface area contributed by atoms with Crippen LogP contribution in [-0.2, 0) is 11.2 Å². The number of hydrogen-bond donors (Lipinski definition) is 1. The molecule has 3 heteroatoms. The van der Waals surface area contributed by atoms with E-state index >= 15 is 0 Å². The number of benzene rings is 1. The van der Waals surface area contributed by atoms with Gasteiger partial charge in [0.2, 0.25) is 0 Å². The first-order chi connectivity index (χ1) is 7.26. The smallest absolute Gasteiger partial charge is 0.180 e. The van der Waals surface area contributed by atoms with E-state index in [0.717, 1.165) is 18.6 Å². The van der Waals surface area contributed by atoms with E-state index in [4.69, 9.17) is 14.9 Å². The third-order valence-electron chi connectivity index (χ3n) is 2.27. The van der Waals surface area contributed by atoms with Crippen LogP contribution in [0.5, 0.6) is 5.75 Å². The van der Waals surface area contributed by atoms with Gasteiger partial charge in [0.1, 0.15) is 5.75 Å². The fourth-order valence-electron chi connectivity index (χ4n) is 1.35. The molecule has 3 nitrogen and oxygen atoms in total. The maximum Gasteiger partial charge on any atom is 0.180 e. The highest BCUT2D eigenvalue weighted by molar-refractivity contribution is 5.72. The van der Waals surface area contributed by atoms with Crippen LogP contribution in [0.2, 0.25) is 0 Å². The third-order valence-corrected chi connectivity index (χ3v) is 2.27. The van der Waals surface area contributed by atoms with Crippen LogP contribution in [0.15, 0.2) is 24.3 Å². The molecule has 15 heavy (non-hydrogen) atoms. The summed E-state index contributed by atoms with van der Waals surface area (Å²) >= 11 is 0. The molecule has 0 unspecified atom stereocenters. The quantitative estimate of drug-likeness (QED) is 0.595. The topological polar surface area (TPSA) is 42.3 Å². The molecular formula is C12H17NO2. The molecule has 0 fully saturated rings. The second-order valence-electron chi connectivity index (χ2n) is 3.33. The van der Waals surface area contributed by atoms with Gasteiger partial charge in [-0.2, -0.15) is 0 Å². The molecule has 0 bridgehead atoms. The van der Waals surface area contributed by atoms with Crippen molar-refractivity contribution in [3.8, 4) is 5.75 Å². The SMILES string of the molecule is COC(=N)CCCc1ccc(OC)cc1. The Morgan fingerprint density at radius 1 is 1.20 bits per heavy atom. The Bertz CT molecular complexity index is 306. The van der Waals surface area contributed by atoms with Gasteiger partial charge in [-0.3, -0.25) is 5.41 Å². The molecule has 0 atom stereocenters. The zero-order valence-corrected chi connectivity index (χ0v) is 9.25. The number of hydrogen-bond acceptors (Lipinski definition) is 3. The molecule has 0 aromatic heterocycles. The van der Waals surface area contributed by atoms with Gasteiger partial charge in [0.15, 0.2) is 5.90 Å². The molecule has 1 N–H and O–H groups in total. The van der Waals surface area contributed by atoms with Crippen molar-refractivity contribution in [3.05, 3.63) is 29.8 Å². The van der Waals surface area contributed by atoms with Crippen molar-refractivity contribution in [2.45, 2.75) is 19.3 Å². The highest BCUT2D eigenvalue weighted by Crippen LogP contribution is 2.13. The standard InChI is InChI=1S/C12H17NO2/c1-14-11-8-6-10(7-9-11)4-3-5-12(13)15-2/h6-9,13H,3-5H2,1-2H3. The fourth-order valence-corrected chi connectivity index (χ4v) is 1.35. The van der Waals surface area contributed by atoms with Crippen LogP contribution in [0.25, 0.3) is 0 Å². The summed E-state index contributed by atoms with van der Waals surface area (Å²) in [4.78, 5) is 0. The number of nitrogens with one attached hydrogen (secondary N) is 1. The van der Waals surface area contributed by atoms with E-state index in [1.807, 2.05) is 12.1 Å². The van der Waals surface area contributed by atoms with Crippen LogP contribution >= 0.6 is 0 Å². The lowest BCUT2D eigenvalue weighted by atomic mass is 10.1. The highest BCUT2D eigenvalue weighted by atomic mass is 16.5. The molecule has 0 aliphatic heterocycles. The lowest BCUT2D eigenvalue weighted by Crippen LogP contribution is -1.99. The van der Waals surface area contributed by atoms with Crippen LogP contribution < -0.4 is 4.74 Å². The van der Waals surface area contributed by atoms with Crippen LogP contribution in [0.4, 0.5) is 0 Å².